The summed E-state index contributed by atoms with van der Waals surface area (Å²) in [7, 11) is 1.75. The summed E-state index contributed by atoms with van der Waals surface area (Å²) in [6, 6.07) is 14.6. The van der Waals surface area contributed by atoms with Gasteiger partial charge in [-0.2, -0.15) is 0 Å². The van der Waals surface area contributed by atoms with Crippen molar-refractivity contribution in [1.82, 2.24) is 15.2 Å². The van der Waals surface area contributed by atoms with Crippen molar-refractivity contribution in [1.29, 1.82) is 0 Å². The summed E-state index contributed by atoms with van der Waals surface area (Å²) in [5, 5.41) is 3.64. The normalized spacial score (nSPS) is 16.8. The van der Waals surface area contributed by atoms with Crippen molar-refractivity contribution in [3.05, 3.63) is 70.0 Å². The molecule has 0 saturated carbocycles. The lowest BCUT2D eigenvalue weighted by atomic mass is 10.00. The zero-order valence-electron chi connectivity index (χ0n) is 16.5. The minimum absolute atomic E-state index is 0.0250. The first-order valence-corrected chi connectivity index (χ1v) is 9.69. The van der Waals surface area contributed by atoms with Crippen molar-refractivity contribution in [2.45, 2.75) is 25.8 Å². The molecule has 0 spiro atoms. The van der Waals surface area contributed by atoms with Crippen LogP contribution in [-0.2, 0) is 4.79 Å². The molecule has 1 aliphatic rings. The summed E-state index contributed by atoms with van der Waals surface area (Å²) in [5.41, 5.74) is 3.90. The lowest BCUT2D eigenvalue weighted by Gasteiger charge is -2.30. The van der Waals surface area contributed by atoms with Crippen molar-refractivity contribution in [3.63, 3.8) is 0 Å². The lowest BCUT2D eigenvalue weighted by Crippen LogP contribution is -2.48. The van der Waals surface area contributed by atoms with Crippen LogP contribution in [0, 0.1) is 6.92 Å². The minimum Gasteiger partial charge on any atom is -0.358 e. The van der Waals surface area contributed by atoms with E-state index in [9.17, 15) is 14.4 Å². The van der Waals surface area contributed by atoms with Gasteiger partial charge in [-0.05, 0) is 48.7 Å². The number of likely N-dealkylation sites (N-methyl/N-ethyl adjacent to an activating group) is 1. The second kappa shape index (κ2) is 7.54. The Hall–Kier alpha value is -3.41. The predicted octanol–water partition coefficient (Wildman–Crippen LogP) is 2.85. The van der Waals surface area contributed by atoms with Gasteiger partial charge in [-0.25, -0.2) is 0 Å². The van der Waals surface area contributed by atoms with E-state index in [4.69, 9.17) is 0 Å². The number of nitrogens with zero attached hydrogens (tertiary/aromatic N) is 1. The van der Waals surface area contributed by atoms with Gasteiger partial charge in [-0.3, -0.25) is 14.4 Å². The van der Waals surface area contributed by atoms with E-state index in [0.717, 1.165) is 22.3 Å². The number of aryl methyl sites for hydroxylation is 1. The number of hydrogen-bond acceptors (Lipinski definition) is 3. The van der Waals surface area contributed by atoms with Gasteiger partial charge >= 0.3 is 0 Å². The predicted molar refractivity (Wildman–Crippen MR) is 113 cm³/mol. The molecule has 2 heterocycles. The van der Waals surface area contributed by atoms with Crippen LogP contribution in [0.2, 0.25) is 0 Å². The standard InChI is InChI=1S/C23H23N3O3/c1-14-10-21(27)19-12-16(6-8-20(19)24-14)15-4-3-5-17(11-15)23(29)25-18-7-9-22(28)26(2)13-18/h3-6,8,10-12,18H,7,9,13H2,1-2H3,(H,24,27)(H,25,29). The van der Waals surface area contributed by atoms with E-state index >= 15 is 0 Å². The molecule has 1 atom stereocenters. The Balaban J connectivity index is 1.59. The molecule has 1 aliphatic heterocycles. The molecule has 2 aromatic carbocycles. The third kappa shape index (κ3) is 3.92. The maximum absolute atomic E-state index is 12.7. The first-order chi connectivity index (χ1) is 13.9. The van der Waals surface area contributed by atoms with Crippen LogP contribution in [0.3, 0.4) is 0 Å². The average Bonchev–Trinajstić information content (AvgIpc) is 2.70. The van der Waals surface area contributed by atoms with E-state index in [1.165, 1.54) is 0 Å². The van der Waals surface area contributed by atoms with Crippen LogP contribution in [0.4, 0.5) is 0 Å². The number of amides is 2. The van der Waals surface area contributed by atoms with E-state index in [2.05, 4.69) is 10.3 Å². The second-order valence-corrected chi connectivity index (χ2v) is 7.64. The Morgan fingerprint density at radius 2 is 1.90 bits per heavy atom. The summed E-state index contributed by atoms with van der Waals surface area (Å²) in [6.45, 7) is 2.38. The van der Waals surface area contributed by atoms with Gasteiger partial charge in [0.05, 0.1) is 0 Å². The van der Waals surface area contributed by atoms with E-state index in [-0.39, 0.29) is 23.3 Å². The van der Waals surface area contributed by atoms with Gasteiger partial charge in [0.2, 0.25) is 5.91 Å². The number of rotatable bonds is 3. The number of hydrogen-bond donors (Lipinski definition) is 2. The largest absolute Gasteiger partial charge is 0.358 e. The highest BCUT2D eigenvalue weighted by Gasteiger charge is 2.24. The van der Waals surface area contributed by atoms with Gasteiger partial charge in [-0.15, -0.1) is 0 Å². The van der Waals surface area contributed by atoms with Crippen LogP contribution in [0.15, 0.2) is 53.3 Å². The van der Waals surface area contributed by atoms with Crippen LogP contribution >= 0.6 is 0 Å². The maximum atomic E-state index is 12.7. The molecule has 1 unspecified atom stereocenters. The monoisotopic (exact) mass is 389 g/mol. The second-order valence-electron chi connectivity index (χ2n) is 7.64. The van der Waals surface area contributed by atoms with Crippen molar-refractivity contribution < 1.29 is 9.59 Å². The number of carbonyl (C=O) groups excluding carboxylic acids is 2. The van der Waals surface area contributed by atoms with Gasteiger partial charge in [0, 0.05) is 54.3 Å². The molecular formula is C23H23N3O3. The number of likely N-dealkylation sites (tertiary alicyclic amines) is 1. The van der Waals surface area contributed by atoms with Crippen LogP contribution in [0.5, 0.6) is 0 Å². The minimum atomic E-state index is -0.158. The number of nitrogens with one attached hydrogen (secondary N) is 2. The molecule has 6 heteroatoms. The summed E-state index contributed by atoms with van der Waals surface area (Å²) in [6.07, 6.45) is 1.11. The molecule has 1 saturated heterocycles. The lowest BCUT2D eigenvalue weighted by molar-refractivity contribution is -0.132. The fourth-order valence-corrected chi connectivity index (χ4v) is 3.80. The Labute approximate surface area is 168 Å². The molecule has 29 heavy (non-hydrogen) atoms. The van der Waals surface area contributed by atoms with Crippen molar-refractivity contribution >= 4 is 22.7 Å². The van der Waals surface area contributed by atoms with Crippen LogP contribution < -0.4 is 10.7 Å². The van der Waals surface area contributed by atoms with Crippen LogP contribution in [0.1, 0.15) is 28.9 Å². The molecule has 0 radical (unpaired) electrons. The molecule has 4 rings (SSSR count). The highest BCUT2D eigenvalue weighted by Crippen LogP contribution is 2.23. The summed E-state index contributed by atoms with van der Waals surface area (Å²) >= 11 is 0. The first-order valence-electron chi connectivity index (χ1n) is 9.69. The SMILES string of the molecule is Cc1cc(=O)c2cc(-c3cccc(C(=O)NC4CCC(=O)N(C)C4)c3)ccc2[nH]1. The number of pyridine rings is 1. The van der Waals surface area contributed by atoms with Crippen molar-refractivity contribution in [3.8, 4) is 11.1 Å². The Morgan fingerprint density at radius 3 is 2.69 bits per heavy atom. The number of aromatic nitrogens is 1. The molecule has 148 valence electrons. The van der Waals surface area contributed by atoms with Crippen LogP contribution in [-0.4, -0.2) is 41.3 Å². The maximum Gasteiger partial charge on any atom is 0.251 e. The van der Waals surface area contributed by atoms with Gasteiger partial charge in [0.15, 0.2) is 5.43 Å². The topological polar surface area (TPSA) is 82.3 Å². The van der Waals surface area contributed by atoms with E-state index in [0.29, 0.717) is 30.3 Å². The zero-order chi connectivity index (χ0) is 20.5. The van der Waals surface area contributed by atoms with Gasteiger partial charge in [0.1, 0.15) is 0 Å². The third-order valence-electron chi connectivity index (χ3n) is 5.38. The quantitative estimate of drug-likeness (QED) is 0.723. The van der Waals surface area contributed by atoms with Gasteiger partial charge in [0.25, 0.3) is 5.91 Å². The van der Waals surface area contributed by atoms with E-state index in [1.54, 1.807) is 24.1 Å². The highest BCUT2D eigenvalue weighted by atomic mass is 16.2. The number of fused-ring (bicyclic) bond motifs is 1. The number of carbonyl (C=O) groups is 2. The molecule has 2 amide bonds. The molecule has 1 fully saturated rings. The Kier molecular flexibility index (Phi) is 4.92. The third-order valence-corrected chi connectivity index (χ3v) is 5.38. The van der Waals surface area contributed by atoms with Gasteiger partial charge < -0.3 is 15.2 Å². The number of aromatic amines is 1. The Bertz CT molecular complexity index is 1170. The molecular weight excluding hydrogens is 366 g/mol. The number of H-pyrrole nitrogens is 1. The number of benzene rings is 2. The molecule has 1 aromatic heterocycles. The first kappa shape index (κ1) is 18.9. The van der Waals surface area contributed by atoms with Crippen LogP contribution in [0.25, 0.3) is 22.0 Å². The smallest absolute Gasteiger partial charge is 0.251 e. The fraction of sp³-hybridized carbons (Fsp3) is 0.261. The van der Waals surface area contributed by atoms with Gasteiger partial charge in [-0.1, -0.05) is 18.2 Å². The summed E-state index contributed by atoms with van der Waals surface area (Å²) < 4.78 is 0. The van der Waals surface area contributed by atoms with E-state index < -0.39 is 0 Å². The summed E-state index contributed by atoms with van der Waals surface area (Å²) in [4.78, 5) is 41.5. The molecule has 6 nitrogen and oxygen atoms in total. The fourth-order valence-electron chi connectivity index (χ4n) is 3.80. The molecule has 0 bridgehead atoms. The van der Waals surface area contributed by atoms with Crippen molar-refractivity contribution in [2.75, 3.05) is 13.6 Å². The Morgan fingerprint density at radius 1 is 1.10 bits per heavy atom. The van der Waals surface area contributed by atoms with Crippen molar-refractivity contribution in [2.24, 2.45) is 0 Å². The summed E-state index contributed by atoms with van der Waals surface area (Å²) in [5.74, 6) is -0.0483. The van der Waals surface area contributed by atoms with E-state index in [1.807, 2.05) is 43.3 Å². The average molecular weight is 389 g/mol. The zero-order valence-corrected chi connectivity index (χ0v) is 16.5. The molecule has 0 aliphatic carbocycles. The molecule has 3 aromatic rings. The number of piperidine rings is 1. The molecule has 2 N–H and O–H groups in total. The highest BCUT2D eigenvalue weighted by molar-refractivity contribution is 5.96.